The molecule has 0 bridgehead atoms. The molecular formula is C12H15NO4. The van der Waals surface area contributed by atoms with Crippen molar-refractivity contribution in [3.05, 3.63) is 23.8 Å². The molecule has 0 aliphatic carbocycles. The van der Waals surface area contributed by atoms with E-state index in [2.05, 4.69) is 0 Å². The molecule has 17 heavy (non-hydrogen) atoms. The Kier molecular flexibility index (Phi) is 3.49. The zero-order chi connectivity index (χ0) is 12.3. The summed E-state index contributed by atoms with van der Waals surface area (Å²) in [5, 5.41) is 0. The van der Waals surface area contributed by atoms with Crippen LogP contribution in [0.1, 0.15) is 16.8 Å². The number of carbonyl (C=O) groups is 1. The second kappa shape index (κ2) is 5.05. The predicted octanol–water partition coefficient (Wildman–Crippen LogP) is 1.22. The van der Waals surface area contributed by atoms with E-state index in [0.717, 1.165) is 6.42 Å². The average molecular weight is 237 g/mol. The molecule has 1 fully saturated rings. The predicted molar refractivity (Wildman–Crippen MR) is 62.0 cm³/mol. The van der Waals surface area contributed by atoms with Gasteiger partial charge in [0.1, 0.15) is 17.4 Å². The number of rotatable bonds is 3. The van der Waals surface area contributed by atoms with Crippen LogP contribution < -0.4 is 10.5 Å². The molecule has 0 aromatic heterocycles. The first-order valence-corrected chi connectivity index (χ1v) is 5.43. The van der Waals surface area contributed by atoms with Gasteiger partial charge in [0.2, 0.25) is 0 Å². The Morgan fingerprint density at radius 3 is 3.00 bits per heavy atom. The summed E-state index contributed by atoms with van der Waals surface area (Å²) < 4.78 is 15.6. The highest BCUT2D eigenvalue weighted by Gasteiger charge is 2.22. The van der Waals surface area contributed by atoms with Crippen LogP contribution in [0.25, 0.3) is 0 Å². The zero-order valence-corrected chi connectivity index (χ0v) is 9.64. The first-order chi connectivity index (χ1) is 8.22. The fourth-order valence-electron chi connectivity index (χ4n) is 1.75. The summed E-state index contributed by atoms with van der Waals surface area (Å²) >= 11 is 0. The molecule has 2 rings (SSSR count). The Bertz CT molecular complexity index is 413. The Hall–Kier alpha value is -1.75. The second-order valence-electron chi connectivity index (χ2n) is 3.82. The van der Waals surface area contributed by atoms with Gasteiger partial charge in [-0.05, 0) is 12.1 Å². The fraction of sp³-hybridized carbons (Fsp3) is 0.417. The van der Waals surface area contributed by atoms with Gasteiger partial charge in [0.05, 0.1) is 20.3 Å². The number of esters is 1. The smallest absolute Gasteiger partial charge is 0.343 e. The molecule has 0 spiro atoms. The van der Waals surface area contributed by atoms with Crippen LogP contribution in [0.15, 0.2) is 18.2 Å². The van der Waals surface area contributed by atoms with Crippen molar-refractivity contribution in [1.82, 2.24) is 0 Å². The van der Waals surface area contributed by atoms with E-state index in [-0.39, 0.29) is 11.7 Å². The minimum Gasteiger partial charge on any atom is -0.487 e. The summed E-state index contributed by atoms with van der Waals surface area (Å²) in [6.07, 6.45) is 0.787. The standard InChI is InChI=1S/C12H15NO4/c1-15-12(14)11-9(13)3-2-4-10(11)17-8-5-6-16-7-8/h2-4,8H,5-7,13H2,1H3. The highest BCUT2D eigenvalue weighted by atomic mass is 16.6. The van der Waals surface area contributed by atoms with Gasteiger partial charge in [-0.15, -0.1) is 0 Å². The number of benzene rings is 1. The van der Waals surface area contributed by atoms with Crippen LogP contribution in [0.3, 0.4) is 0 Å². The lowest BCUT2D eigenvalue weighted by Crippen LogP contribution is -2.18. The second-order valence-corrected chi connectivity index (χ2v) is 3.82. The van der Waals surface area contributed by atoms with Crippen molar-refractivity contribution in [2.24, 2.45) is 0 Å². The summed E-state index contributed by atoms with van der Waals surface area (Å²) in [6.45, 7) is 1.22. The third-order valence-electron chi connectivity index (χ3n) is 2.63. The van der Waals surface area contributed by atoms with Gasteiger partial charge in [0.25, 0.3) is 0 Å². The van der Waals surface area contributed by atoms with Crippen LogP contribution in [0.2, 0.25) is 0 Å². The number of carbonyl (C=O) groups excluding carboxylic acids is 1. The van der Waals surface area contributed by atoms with Crippen LogP contribution in [-0.2, 0) is 9.47 Å². The van der Waals surface area contributed by atoms with Crippen molar-refractivity contribution < 1.29 is 19.0 Å². The molecule has 0 radical (unpaired) electrons. The first-order valence-electron chi connectivity index (χ1n) is 5.43. The van der Waals surface area contributed by atoms with Crippen molar-refractivity contribution >= 4 is 11.7 Å². The Morgan fingerprint density at radius 2 is 2.35 bits per heavy atom. The fourth-order valence-corrected chi connectivity index (χ4v) is 1.75. The molecule has 1 aliphatic rings. The van der Waals surface area contributed by atoms with Gasteiger partial charge < -0.3 is 19.9 Å². The van der Waals surface area contributed by atoms with Crippen molar-refractivity contribution in [2.75, 3.05) is 26.1 Å². The van der Waals surface area contributed by atoms with E-state index in [0.29, 0.717) is 24.7 Å². The lowest BCUT2D eigenvalue weighted by molar-refractivity contribution is 0.0593. The van der Waals surface area contributed by atoms with Crippen LogP contribution >= 0.6 is 0 Å². The van der Waals surface area contributed by atoms with Gasteiger partial charge >= 0.3 is 5.97 Å². The van der Waals surface area contributed by atoms with Gasteiger partial charge in [-0.3, -0.25) is 0 Å². The van der Waals surface area contributed by atoms with Crippen LogP contribution in [0.4, 0.5) is 5.69 Å². The summed E-state index contributed by atoms with van der Waals surface area (Å²) in [6, 6.07) is 5.10. The molecule has 2 N–H and O–H groups in total. The maximum absolute atomic E-state index is 11.6. The van der Waals surface area contributed by atoms with Gasteiger partial charge in [0.15, 0.2) is 0 Å². The van der Waals surface area contributed by atoms with E-state index < -0.39 is 5.97 Å². The minimum absolute atomic E-state index is 0.0276. The van der Waals surface area contributed by atoms with E-state index in [4.69, 9.17) is 19.9 Å². The first kappa shape index (κ1) is 11.7. The summed E-state index contributed by atoms with van der Waals surface area (Å²) in [5.74, 6) is -0.0376. The molecule has 1 aromatic carbocycles. The number of hydrogen-bond acceptors (Lipinski definition) is 5. The zero-order valence-electron chi connectivity index (χ0n) is 9.64. The summed E-state index contributed by atoms with van der Waals surface area (Å²) in [7, 11) is 1.32. The van der Waals surface area contributed by atoms with E-state index >= 15 is 0 Å². The Labute approximate surface area is 99.5 Å². The van der Waals surface area contributed by atoms with E-state index in [1.165, 1.54) is 7.11 Å². The third kappa shape index (κ3) is 2.50. The molecule has 92 valence electrons. The minimum atomic E-state index is -0.489. The highest BCUT2D eigenvalue weighted by molar-refractivity contribution is 5.98. The van der Waals surface area contributed by atoms with Crippen molar-refractivity contribution in [3.63, 3.8) is 0 Å². The molecule has 1 aliphatic heterocycles. The van der Waals surface area contributed by atoms with E-state index in [1.807, 2.05) is 0 Å². The summed E-state index contributed by atoms with van der Waals surface area (Å²) in [5.41, 5.74) is 6.39. The van der Waals surface area contributed by atoms with Gasteiger partial charge in [0, 0.05) is 12.1 Å². The molecule has 1 unspecified atom stereocenters. The average Bonchev–Trinajstić information content (AvgIpc) is 2.81. The maximum atomic E-state index is 11.6. The molecule has 1 atom stereocenters. The molecule has 5 heteroatoms. The van der Waals surface area contributed by atoms with Crippen LogP contribution in [0, 0.1) is 0 Å². The normalized spacial score (nSPS) is 19.0. The lowest BCUT2D eigenvalue weighted by atomic mass is 10.1. The number of anilines is 1. The van der Waals surface area contributed by atoms with Crippen molar-refractivity contribution in [2.45, 2.75) is 12.5 Å². The molecule has 0 saturated carbocycles. The van der Waals surface area contributed by atoms with E-state index in [9.17, 15) is 4.79 Å². The number of hydrogen-bond donors (Lipinski definition) is 1. The third-order valence-corrected chi connectivity index (χ3v) is 2.63. The molecule has 5 nitrogen and oxygen atoms in total. The molecule has 0 amide bonds. The van der Waals surface area contributed by atoms with Gasteiger partial charge in [-0.1, -0.05) is 6.07 Å². The lowest BCUT2D eigenvalue weighted by Gasteiger charge is -2.15. The highest BCUT2D eigenvalue weighted by Crippen LogP contribution is 2.27. The summed E-state index contributed by atoms with van der Waals surface area (Å²) in [4.78, 5) is 11.6. The van der Waals surface area contributed by atoms with Crippen LogP contribution in [0.5, 0.6) is 5.75 Å². The molecule has 1 saturated heterocycles. The maximum Gasteiger partial charge on any atom is 0.343 e. The monoisotopic (exact) mass is 237 g/mol. The van der Waals surface area contributed by atoms with Crippen molar-refractivity contribution in [1.29, 1.82) is 0 Å². The molecule has 1 heterocycles. The number of methoxy groups -OCH3 is 1. The van der Waals surface area contributed by atoms with E-state index in [1.54, 1.807) is 18.2 Å². The Morgan fingerprint density at radius 1 is 1.53 bits per heavy atom. The Balaban J connectivity index is 2.25. The largest absolute Gasteiger partial charge is 0.487 e. The van der Waals surface area contributed by atoms with Crippen molar-refractivity contribution in [3.8, 4) is 5.75 Å². The van der Waals surface area contributed by atoms with Crippen LogP contribution in [-0.4, -0.2) is 32.4 Å². The number of nitrogen functional groups attached to an aromatic ring is 1. The van der Waals surface area contributed by atoms with Gasteiger partial charge in [-0.25, -0.2) is 4.79 Å². The number of ether oxygens (including phenoxy) is 3. The number of nitrogens with two attached hydrogens (primary N) is 1. The quantitative estimate of drug-likeness (QED) is 0.632. The SMILES string of the molecule is COC(=O)c1c(N)cccc1OC1CCOC1. The molecule has 1 aromatic rings. The van der Waals surface area contributed by atoms with Gasteiger partial charge in [-0.2, -0.15) is 0 Å². The molecular weight excluding hydrogens is 222 g/mol. The topological polar surface area (TPSA) is 70.8 Å².